The van der Waals surface area contributed by atoms with Gasteiger partial charge in [0.1, 0.15) is 5.52 Å². The molecule has 5 heterocycles. The first-order valence-electron chi connectivity index (χ1n) is 11.0. The second-order valence-corrected chi connectivity index (χ2v) is 8.75. The fourth-order valence-corrected chi connectivity index (χ4v) is 4.72. The topological polar surface area (TPSA) is 70.3 Å². The zero-order valence-corrected chi connectivity index (χ0v) is 17.9. The molecule has 0 radical (unpaired) electrons. The first-order chi connectivity index (χ1) is 15.1. The summed E-state index contributed by atoms with van der Waals surface area (Å²) in [6.45, 7) is 9.60. The number of oxazole rings is 1. The molecule has 0 unspecified atom stereocenters. The predicted molar refractivity (Wildman–Crippen MR) is 122 cm³/mol. The summed E-state index contributed by atoms with van der Waals surface area (Å²) in [7, 11) is 0. The maximum absolute atomic E-state index is 5.59. The minimum atomic E-state index is 0.577. The third kappa shape index (κ3) is 3.43. The van der Waals surface area contributed by atoms with Crippen molar-refractivity contribution in [3.63, 3.8) is 0 Å². The summed E-state index contributed by atoms with van der Waals surface area (Å²) in [6.07, 6.45) is 1.98. The Morgan fingerprint density at radius 1 is 1.00 bits per heavy atom. The number of fused-ring (bicyclic) bond motifs is 2. The van der Waals surface area contributed by atoms with E-state index in [2.05, 4.69) is 38.1 Å². The fraction of sp³-hybridized carbons (Fsp3) is 0.375. The third-order valence-electron chi connectivity index (χ3n) is 6.46. The summed E-state index contributed by atoms with van der Waals surface area (Å²) in [5.74, 6) is 0.676. The summed E-state index contributed by atoms with van der Waals surface area (Å²) in [5, 5.41) is 3.53. The van der Waals surface area contributed by atoms with Crippen LogP contribution in [-0.2, 0) is 0 Å². The highest BCUT2D eigenvalue weighted by atomic mass is 16.3. The maximum Gasteiger partial charge on any atom is 0.192 e. The van der Waals surface area contributed by atoms with Crippen LogP contribution < -0.4 is 10.2 Å². The molecule has 0 aliphatic carbocycles. The van der Waals surface area contributed by atoms with Gasteiger partial charge in [0.15, 0.2) is 11.5 Å². The first-order valence-corrected chi connectivity index (χ1v) is 11.0. The molecule has 158 valence electrons. The van der Waals surface area contributed by atoms with Gasteiger partial charge in [-0.2, -0.15) is 0 Å². The Bertz CT molecular complexity index is 1260. The molecule has 2 aliphatic heterocycles. The summed E-state index contributed by atoms with van der Waals surface area (Å²) in [4.78, 5) is 19.0. The van der Waals surface area contributed by atoms with E-state index in [4.69, 9.17) is 9.40 Å². The zero-order valence-electron chi connectivity index (χ0n) is 17.9. The van der Waals surface area contributed by atoms with E-state index in [0.717, 1.165) is 71.8 Å². The Hall–Kier alpha value is -3.03. The van der Waals surface area contributed by atoms with E-state index >= 15 is 0 Å². The quantitative estimate of drug-likeness (QED) is 0.552. The minimum Gasteiger partial charge on any atom is -0.441 e. The lowest BCUT2D eigenvalue weighted by atomic mass is 10.0. The Morgan fingerprint density at radius 3 is 2.77 bits per heavy atom. The molecule has 6 rings (SSSR count). The van der Waals surface area contributed by atoms with E-state index in [1.54, 1.807) is 0 Å². The molecule has 0 spiro atoms. The molecule has 0 amide bonds. The highest BCUT2D eigenvalue weighted by Crippen LogP contribution is 2.28. The van der Waals surface area contributed by atoms with Crippen LogP contribution in [-0.4, -0.2) is 64.7 Å². The van der Waals surface area contributed by atoms with Crippen molar-refractivity contribution in [2.45, 2.75) is 25.9 Å². The maximum atomic E-state index is 5.59. The first kappa shape index (κ1) is 18.7. The van der Waals surface area contributed by atoms with Crippen molar-refractivity contribution in [3.8, 4) is 11.3 Å². The molecule has 7 nitrogen and oxygen atoms in total. The lowest BCUT2D eigenvalue weighted by Crippen LogP contribution is -2.64. The number of pyridine rings is 2. The third-order valence-corrected chi connectivity index (χ3v) is 6.46. The highest BCUT2D eigenvalue weighted by Gasteiger charge is 2.33. The van der Waals surface area contributed by atoms with E-state index in [9.17, 15) is 0 Å². The molecule has 7 heteroatoms. The van der Waals surface area contributed by atoms with Crippen molar-refractivity contribution in [1.29, 1.82) is 0 Å². The van der Waals surface area contributed by atoms with Crippen LogP contribution >= 0.6 is 0 Å². The number of benzene rings is 1. The SMILES string of the molecule is Cc1nc2cc(-c3ccc4ncc(N5CC(N6CCN[C@H](C)C6)C5)cc4n3)ccc2o1. The van der Waals surface area contributed by atoms with Crippen molar-refractivity contribution in [3.05, 3.63) is 48.5 Å². The number of rotatable bonds is 3. The van der Waals surface area contributed by atoms with Crippen molar-refractivity contribution in [2.24, 2.45) is 0 Å². The number of anilines is 1. The van der Waals surface area contributed by atoms with Crippen LogP contribution in [0.3, 0.4) is 0 Å². The van der Waals surface area contributed by atoms with Crippen LogP contribution in [0, 0.1) is 6.92 Å². The van der Waals surface area contributed by atoms with E-state index in [1.165, 1.54) is 0 Å². The van der Waals surface area contributed by atoms with Crippen LogP contribution in [0.4, 0.5) is 5.69 Å². The van der Waals surface area contributed by atoms with Gasteiger partial charge >= 0.3 is 0 Å². The summed E-state index contributed by atoms with van der Waals surface area (Å²) in [6, 6.07) is 13.5. The number of aromatic nitrogens is 3. The number of hydrogen-bond acceptors (Lipinski definition) is 7. The summed E-state index contributed by atoms with van der Waals surface area (Å²) >= 11 is 0. The lowest BCUT2D eigenvalue weighted by Gasteiger charge is -2.48. The van der Waals surface area contributed by atoms with Crippen molar-refractivity contribution >= 4 is 27.8 Å². The van der Waals surface area contributed by atoms with E-state index < -0.39 is 0 Å². The van der Waals surface area contributed by atoms with E-state index in [-0.39, 0.29) is 0 Å². The molecule has 2 saturated heterocycles. The van der Waals surface area contributed by atoms with Crippen molar-refractivity contribution in [1.82, 2.24) is 25.2 Å². The number of hydrogen-bond donors (Lipinski definition) is 1. The summed E-state index contributed by atoms with van der Waals surface area (Å²) < 4.78 is 5.59. The molecular formula is C24H26N6O. The Kier molecular flexibility index (Phi) is 4.40. The monoisotopic (exact) mass is 414 g/mol. The van der Waals surface area contributed by atoms with Crippen LogP contribution in [0.2, 0.25) is 0 Å². The van der Waals surface area contributed by atoms with Crippen molar-refractivity contribution < 1.29 is 4.42 Å². The number of nitrogens with zero attached hydrogens (tertiary/aromatic N) is 5. The highest BCUT2D eigenvalue weighted by molar-refractivity contribution is 5.84. The molecule has 31 heavy (non-hydrogen) atoms. The largest absolute Gasteiger partial charge is 0.441 e. The van der Waals surface area contributed by atoms with Gasteiger partial charge < -0.3 is 14.6 Å². The van der Waals surface area contributed by atoms with Crippen molar-refractivity contribution in [2.75, 3.05) is 37.6 Å². The van der Waals surface area contributed by atoms with Gasteiger partial charge in [0.05, 0.1) is 28.6 Å². The second kappa shape index (κ2) is 7.28. The Balaban J connectivity index is 1.24. The fourth-order valence-electron chi connectivity index (χ4n) is 4.72. The van der Waals surface area contributed by atoms with Gasteiger partial charge in [-0.15, -0.1) is 0 Å². The van der Waals surface area contributed by atoms with E-state index in [0.29, 0.717) is 18.0 Å². The lowest BCUT2D eigenvalue weighted by molar-refractivity contribution is 0.127. The molecular weight excluding hydrogens is 388 g/mol. The number of piperazine rings is 1. The second-order valence-electron chi connectivity index (χ2n) is 8.75. The van der Waals surface area contributed by atoms with E-state index in [1.807, 2.05) is 43.5 Å². The van der Waals surface area contributed by atoms with Gasteiger partial charge in [-0.25, -0.2) is 9.97 Å². The molecule has 1 N–H and O–H groups in total. The van der Waals surface area contributed by atoms with Gasteiger partial charge in [-0.1, -0.05) is 0 Å². The molecule has 4 aromatic rings. The molecule has 0 bridgehead atoms. The van der Waals surface area contributed by atoms with Gasteiger partial charge in [0.2, 0.25) is 0 Å². The summed E-state index contributed by atoms with van der Waals surface area (Å²) in [5.41, 5.74) is 6.61. The predicted octanol–water partition coefficient (Wildman–Crippen LogP) is 3.23. The van der Waals surface area contributed by atoms with Crippen LogP contribution in [0.1, 0.15) is 12.8 Å². The molecule has 3 aromatic heterocycles. The normalized spacial score (nSPS) is 20.5. The van der Waals surface area contributed by atoms with Crippen LogP contribution in [0.15, 0.2) is 47.0 Å². The molecule has 0 saturated carbocycles. The number of aryl methyl sites for hydroxylation is 1. The number of nitrogens with one attached hydrogen (secondary N) is 1. The average molecular weight is 415 g/mol. The Labute approximate surface area is 181 Å². The average Bonchev–Trinajstić information content (AvgIpc) is 3.11. The standard InChI is InChI=1S/C24H26N6O/c1-15-12-29(8-7-25-15)19-13-30(14-19)18-10-22-21(26-11-18)5-4-20(28-22)17-3-6-24-23(9-17)27-16(2)31-24/h3-6,9-11,15,19,25H,7-8,12-14H2,1-2H3/t15-/m1/s1. The molecule has 1 aromatic carbocycles. The zero-order chi connectivity index (χ0) is 20.9. The molecule has 2 aliphatic rings. The molecule has 2 fully saturated rings. The van der Waals surface area contributed by atoms with Crippen LogP contribution in [0.25, 0.3) is 33.4 Å². The molecule has 1 atom stereocenters. The van der Waals surface area contributed by atoms with Gasteiger partial charge in [-0.3, -0.25) is 9.88 Å². The minimum absolute atomic E-state index is 0.577. The van der Waals surface area contributed by atoms with Gasteiger partial charge in [0, 0.05) is 57.3 Å². The smallest absolute Gasteiger partial charge is 0.192 e. The van der Waals surface area contributed by atoms with Gasteiger partial charge in [-0.05, 0) is 43.3 Å². The Morgan fingerprint density at radius 2 is 1.90 bits per heavy atom. The van der Waals surface area contributed by atoms with Gasteiger partial charge in [0.25, 0.3) is 0 Å². The van der Waals surface area contributed by atoms with Crippen LogP contribution in [0.5, 0.6) is 0 Å².